The average molecular weight is 422 g/mol. The zero-order chi connectivity index (χ0) is 22.3. The maximum Gasteiger partial charge on any atom is 0.268 e. The van der Waals surface area contributed by atoms with Gasteiger partial charge in [-0.2, -0.15) is 0 Å². The molecule has 1 aliphatic carbocycles. The third kappa shape index (κ3) is 3.91. The summed E-state index contributed by atoms with van der Waals surface area (Å²) in [4.78, 5) is 39.4. The van der Waals surface area contributed by atoms with E-state index in [1.165, 1.54) is 10.8 Å². The maximum atomic E-state index is 14.1. The Morgan fingerprint density at radius 1 is 1.03 bits per heavy atom. The molecular formula is C24H20F2N2O3. The van der Waals surface area contributed by atoms with Crippen molar-refractivity contribution < 1.29 is 18.4 Å². The number of para-hydroxylation sites is 1. The van der Waals surface area contributed by atoms with E-state index in [0.29, 0.717) is 29.3 Å². The Balaban J connectivity index is 1.91. The summed E-state index contributed by atoms with van der Waals surface area (Å²) in [6.45, 7) is 3.77. The molecule has 31 heavy (non-hydrogen) atoms. The molecule has 0 saturated carbocycles. The van der Waals surface area contributed by atoms with Gasteiger partial charge in [0.15, 0.2) is 5.78 Å². The number of halogens is 2. The first-order valence-corrected chi connectivity index (χ1v) is 9.80. The minimum atomic E-state index is -0.960. The summed E-state index contributed by atoms with van der Waals surface area (Å²) in [7, 11) is 0. The SMILES string of the molecule is CC1(C)CC(=O)c2cn(-c3ccccc3)c(=O)c(C(=O)Nc3ccc(F)cc3F)c2C1. The van der Waals surface area contributed by atoms with E-state index in [9.17, 15) is 23.2 Å². The zero-order valence-corrected chi connectivity index (χ0v) is 17.0. The van der Waals surface area contributed by atoms with Gasteiger partial charge in [-0.1, -0.05) is 32.0 Å². The number of hydrogen-bond donors (Lipinski definition) is 1. The summed E-state index contributed by atoms with van der Waals surface area (Å²) in [5.41, 5.74) is -0.385. The smallest absolute Gasteiger partial charge is 0.268 e. The Bertz CT molecular complexity index is 1260. The molecule has 0 fully saturated rings. The molecule has 1 amide bonds. The van der Waals surface area contributed by atoms with Crippen LogP contribution in [0, 0.1) is 17.0 Å². The van der Waals surface area contributed by atoms with Crippen LogP contribution in [0.15, 0.2) is 59.5 Å². The summed E-state index contributed by atoms with van der Waals surface area (Å²) in [5, 5.41) is 2.36. The van der Waals surface area contributed by atoms with Crippen LogP contribution >= 0.6 is 0 Å². The molecule has 0 unspecified atom stereocenters. The number of fused-ring (bicyclic) bond motifs is 1. The van der Waals surface area contributed by atoms with E-state index >= 15 is 0 Å². The molecule has 0 saturated heterocycles. The highest BCUT2D eigenvalue weighted by Gasteiger charge is 2.36. The number of aromatic nitrogens is 1. The van der Waals surface area contributed by atoms with Crippen LogP contribution in [0.4, 0.5) is 14.5 Å². The van der Waals surface area contributed by atoms with Crippen molar-refractivity contribution in [1.29, 1.82) is 0 Å². The molecular weight excluding hydrogens is 402 g/mol. The molecule has 0 bridgehead atoms. The van der Waals surface area contributed by atoms with Crippen LogP contribution in [0.25, 0.3) is 5.69 Å². The fraction of sp³-hybridized carbons (Fsp3) is 0.208. The molecule has 0 atom stereocenters. The van der Waals surface area contributed by atoms with Crippen molar-refractivity contribution in [3.8, 4) is 5.69 Å². The molecule has 0 aliphatic heterocycles. The lowest BCUT2D eigenvalue weighted by atomic mass is 9.73. The van der Waals surface area contributed by atoms with Gasteiger partial charge in [-0.25, -0.2) is 8.78 Å². The summed E-state index contributed by atoms with van der Waals surface area (Å²) in [6, 6.07) is 11.4. The second-order valence-corrected chi connectivity index (χ2v) is 8.43. The molecule has 4 rings (SSSR count). The molecule has 7 heteroatoms. The van der Waals surface area contributed by atoms with Crippen molar-refractivity contribution >= 4 is 17.4 Å². The summed E-state index contributed by atoms with van der Waals surface area (Å²) < 4.78 is 28.6. The Kier molecular flexibility index (Phi) is 5.05. The number of carbonyl (C=O) groups is 2. The molecule has 0 spiro atoms. The summed E-state index contributed by atoms with van der Waals surface area (Å²) in [6.07, 6.45) is 2.09. The van der Waals surface area contributed by atoms with Crippen LogP contribution in [-0.2, 0) is 6.42 Å². The highest BCUT2D eigenvalue weighted by atomic mass is 19.1. The number of carbonyl (C=O) groups excluding carboxylic acids is 2. The number of nitrogens with one attached hydrogen (secondary N) is 1. The Morgan fingerprint density at radius 2 is 1.74 bits per heavy atom. The minimum Gasteiger partial charge on any atom is -0.319 e. The number of pyridine rings is 1. The van der Waals surface area contributed by atoms with Crippen LogP contribution in [0.3, 0.4) is 0 Å². The van der Waals surface area contributed by atoms with Crippen molar-refractivity contribution in [2.24, 2.45) is 5.41 Å². The first-order valence-electron chi connectivity index (χ1n) is 9.80. The predicted molar refractivity (Wildman–Crippen MR) is 113 cm³/mol. The summed E-state index contributed by atoms with van der Waals surface area (Å²) >= 11 is 0. The number of anilines is 1. The van der Waals surface area contributed by atoms with Gasteiger partial charge in [0, 0.05) is 29.9 Å². The average Bonchev–Trinajstić information content (AvgIpc) is 2.69. The van der Waals surface area contributed by atoms with Gasteiger partial charge in [0.25, 0.3) is 11.5 Å². The summed E-state index contributed by atoms with van der Waals surface area (Å²) in [5.74, 6) is -2.76. The minimum absolute atomic E-state index is 0.169. The fourth-order valence-electron chi connectivity index (χ4n) is 3.93. The number of amides is 1. The maximum absolute atomic E-state index is 14.1. The molecule has 2 aromatic carbocycles. The number of rotatable bonds is 3. The molecule has 1 N–H and O–H groups in total. The molecule has 1 aliphatic rings. The van der Waals surface area contributed by atoms with Crippen LogP contribution in [0.5, 0.6) is 0 Å². The number of ketones is 1. The first kappa shape index (κ1) is 20.7. The molecule has 3 aromatic rings. The third-order valence-corrected chi connectivity index (χ3v) is 5.35. The lowest BCUT2D eigenvalue weighted by Crippen LogP contribution is -2.37. The number of nitrogens with zero attached hydrogens (tertiary/aromatic N) is 1. The quantitative estimate of drug-likeness (QED) is 0.675. The van der Waals surface area contributed by atoms with E-state index in [-0.39, 0.29) is 23.5 Å². The Hall–Kier alpha value is -3.61. The van der Waals surface area contributed by atoms with E-state index in [1.54, 1.807) is 30.3 Å². The van der Waals surface area contributed by atoms with E-state index in [1.807, 2.05) is 13.8 Å². The normalized spacial score (nSPS) is 14.8. The first-order chi connectivity index (χ1) is 14.7. The van der Waals surface area contributed by atoms with Gasteiger partial charge in [0.05, 0.1) is 5.69 Å². The van der Waals surface area contributed by atoms with Gasteiger partial charge in [-0.05, 0) is 41.7 Å². The van der Waals surface area contributed by atoms with Crippen molar-refractivity contribution in [2.45, 2.75) is 26.7 Å². The number of Topliss-reactive ketones (excluding diaryl/α,β-unsaturated/α-hetero) is 1. The standard InChI is InChI=1S/C24H20F2N2O3/c1-24(2)11-16-17(20(29)12-24)13-28(15-6-4-3-5-7-15)23(31)21(16)22(30)27-19-9-8-14(25)10-18(19)26/h3-10,13H,11-12H2,1-2H3,(H,27,30). The van der Waals surface area contributed by atoms with Crippen molar-refractivity contribution in [3.63, 3.8) is 0 Å². The predicted octanol–water partition coefficient (Wildman–Crippen LogP) is 4.52. The van der Waals surface area contributed by atoms with Crippen molar-refractivity contribution in [1.82, 2.24) is 4.57 Å². The van der Waals surface area contributed by atoms with Crippen LogP contribution in [0.2, 0.25) is 0 Å². The van der Waals surface area contributed by atoms with Crippen LogP contribution in [-0.4, -0.2) is 16.3 Å². The molecule has 1 heterocycles. The number of hydrogen-bond acceptors (Lipinski definition) is 3. The van der Waals surface area contributed by atoms with E-state index in [4.69, 9.17) is 0 Å². The highest BCUT2D eigenvalue weighted by Crippen LogP contribution is 2.36. The van der Waals surface area contributed by atoms with Crippen LogP contribution < -0.4 is 10.9 Å². The third-order valence-electron chi connectivity index (χ3n) is 5.35. The molecule has 5 nitrogen and oxygen atoms in total. The van der Waals surface area contributed by atoms with Gasteiger partial charge >= 0.3 is 0 Å². The lowest BCUT2D eigenvalue weighted by Gasteiger charge is -2.31. The molecule has 0 radical (unpaired) electrons. The number of benzene rings is 2. The topological polar surface area (TPSA) is 68.2 Å². The molecule has 158 valence electrons. The van der Waals surface area contributed by atoms with E-state index in [2.05, 4.69) is 5.32 Å². The van der Waals surface area contributed by atoms with Gasteiger partial charge in [0.2, 0.25) is 0 Å². The van der Waals surface area contributed by atoms with E-state index in [0.717, 1.165) is 12.1 Å². The molecule has 1 aromatic heterocycles. The van der Waals surface area contributed by atoms with Gasteiger partial charge in [-0.15, -0.1) is 0 Å². The second-order valence-electron chi connectivity index (χ2n) is 8.43. The Morgan fingerprint density at radius 3 is 2.42 bits per heavy atom. The lowest BCUT2D eigenvalue weighted by molar-refractivity contribution is 0.0910. The van der Waals surface area contributed by atoms with Crippen LogP contribution in [0.1, 0.15) is 46.5 Å². The van der Waals surface area contributed by atoms with Gasteiger partial charge in [0.1, 0.15) is 17.2 Å². The van der Waals surface area contributed by atoms with E-state index < -0.39 is 28.5 Å². The fourth-order valence-corrected chi connectivity index (χ4v) is 3.93. The monoisotopic (exact) mass is 422 g/mol. The largest absolute Gasteiger partial charge is 0.319 e. The van der Waals surface area contributed by atoms with Gasteiger partial charge in [-0.3, -0.25) is 19.0 Å². The van der Waals surface area contributed by atoms with Crippen molar-refractivity contribution in [3.05, 3.63) is 93.4 Å². The second kappa shape index (κ2) is 7.58. The highest BCUT2D eigenvalue weighted by molar-refractivity contribution is 6.08. The van der Waals surface area contributed by atoms with Gasteiger partial charge < -0.3 is 5.32 Å². The zero-order valence-electron chi connectivity index (χ0n) is 17.0. The van der Waals surface area contributed by atoms with Crippen molar-refractivity contribution in [2.75, 3.05) is 5.32 Å². The Labute approximate surface area is 177 Å².